The van der Waals surface area contributed by atoms with Crippen molar-refractivity contribution in [2.24, 2.45) is 5.92 Å². The van der Waals surface area contributed by atoms with Crippen LogP contribution in [-0.4, -0.2) is 58.7 Å². The molecule has 2 amide bonds. The number of carbonyl (C=O) groups is 2. The molecule has 9 heteroatoms. The lowest BCUT2D eigenvalue weighted by Gasteiger charge is -2.25. The van der Waals surface area contributed by atoms with E-state index >= 15 is 0 Å². The molecular formula is C32H48N4O4S. The first-order chi connectivity index (χ1) is 19.5. The molecule has 4 bridgehead atoms. The number of sulfonamides is 1. The van der Waals surface area contributed by atoms with E-state index in [0.29, 0.717) is 36.7 Å². The second kappa shape index (κ2) is 15.4. The van der Waals surface area contributed by atoms with Crippen molar-refractivity contribution in [3.63, 3.8) is 0 Å². The Balaban J connectivity index is 1.90. The second-order valence-electron chi connectivity index (χ2n) is 11.8. The van der Waals surface area contributed by atoms with Crippen molar-refractivity contribution >= 4 is 27.5 Å². The Morgan fingerprint density at radius 2 is 1.78 bits per heavy atom. The van der Waals surface area contributed by atoms with E-state index in [4.69, 9.17) is 0 Å². The molecule has 3 rings (SSSR count). The summed E-state index contributed by atoms with van der Waals surface area (Å²) < 4.78 is 25.8. The van der Waals surface area contributed by atoms with Gasteiger partial charge in [-0.15, -0.1) is 0 Å². The molecule has 1 aliphatic rings. The Labute approximate surface area is 246 Å². The van der Waals surface area contributed by atoms with Crippen molar-refractivity contribution in [1.82, 2.24) is 16.0 Å². The third-order valence-corrected chi connectivity index (χ3v) is 8.75. The average molecular weight is 585 g/mol. The zero-order valence-corrected chi connectivity index (χ0v) is 26.1. The third-order valence-electron chi connectivity index (χ3n) is 7.55. The molecular weight excluding hydrogens is 536 g/mol. The number of aryl methyl sites for hydroxylation is 2. The molecule has 1 aliphatic heterocycles. The minimum absolute atomic E-state index is 0.0116. The second-order valence-corrected chi connectivity index (χ2v) is 13.8. The topological polar surface area (TPSA) is 108 Å². The maximum Gasteiger partial charge on any atom is 0.251 e. The van der Waals surface area contributed by atoms with Gasteiger partial charge in [-0.2, -0.15) is 0 Å². The summed E-state index contributed by atoms with van der Waals surface area (Å²) in [6, 6.07) is 13.3. The minimum atomic E-state index is -3.49. The van der Waals surface area contributed by atoms with E-state index in [-0.39, 0.29) is 23.9 Å². The molecule has 2 unspecified atom stereocenters. The Morgan fingerprint density at radius 3 is 2.46 bits per heavy atom. The van der Waals surface area contributed by atoms with Gasteiger partial charge in [-0.05, 0) is 79.3 Å². The number of rotatable bonds is 11. The molecule has 2 aromatic rings. The van der Waals surface area contributed by atoms with Crippen LogP contribution in [0.3, 0.4) is 0 Å². The molecule has 3 N–H and O–H groups in total. The van der Waals surface area contributed by atoms with Crippen LogP contribution in [0.25, 0.3) is 0 Å². The van der Waals surface area contributed by atoms with Crippen LogP contribution in [0.5, 0.6) is 0 Å². The molecule has 2 aromatic carbocycles. The molecule has 0 aromatic heterocycles. The number of benzene rings is 2. The van der Waals surface area contributed by atoms with Crippen LogP contribution in [0.2, 0.25) is 0 Å². The maximum absolute atomic E-state index is 13.6. The number of anilines is 1. The molecule has 0 fully saturated rings. The molecule has 1 heterocycles. The van der Waals surface area contributed by atoms with Crippen LogP contribution in [-0.2, 0) is 34.1 Å². The van der Waals surface area contributed by atoms with Crippen LogP contribution in [0, 0.1) is 5.92 Å². The van der Waals surface area contributed by atoms with Crippen LogP contribution in [0.1, 0.15) is 79.9 Å². The lowest BCUT2D eigenvalue weighted by molar-refractivity contribution is -0.123. The van der Waals surface area contributed by atoms with Gasteiger partial charge in [0.15, 0.2) is 0 Å². The number of hydrogen-bond donors (Lipinski definition) is 3. The van der Waals surface area contributed by atoms with E-state index in [2.05, 4.69) is 61.0 Å². The Kier molecular flexibility index (Phi) is 12.2. The molecule has 0 aliphatic carbocycles. The molecule has 8 nitrogen and oxygen atoms in total. The quantitative estimate of drug-likeness (QED) is 0.367. The van der Waals surface area contributed by atoms with Crippen LogP contribution < -0.4 is 20.3 Å². The maximum atomic E-state index is 13.6. The van der Waals surface area contributed by atoms with Gasteiger partial charge in [-0.3, -0.25) is 13.9 Å². The van der Waals surface area contributed by atoms with Gasteiger partial charge in [-0.25, -0.2) is 8.42 Å². The SMILES string of the molecule is CCCCC(NCC1Cc2cccc(c2)CCCCc2cc(cc(N(C)S(C)(=O)=O)c2)C(=O)N1)C(=O)NCC(C)C. The highest BCUT2D eigenvalue weighted by atomic mass is 32.2. The minimum Gasteiger partial charge on any atom is -0.354 e. The van der Waals surface area contributed by atoms with Crippen LogP contribution in [0.4, 0.5) is 5.69 Å². The Morgan fingerprint density at radius 1 is 1.07 bits per heavy atom. The van der Waals surface area contributed by atoms with Crippen LogP contribution >= 0.6 is 0 Å². The number of nitrogens with one attached hydrogen (secondary N) is 3. The van der Waals surface area contributed by atoms with Gasteiger partial charge in [0, 0.05) is 31.7 Å². The summed E-state index contributed by atoms with van der Waals surface area (Å²) in [6.45, 7) is 7.30. The van der Waals surface area contributed by atoms with E-state index in [1.165, 1.54) is 16.9 Å². The van der Waals surface area contributed by atoms with Crippen molar-refractivity contribution in [3.05, 3.63) is 64.7 Å². The van der Waals surface area contributed by atoms with Gasteiger partial charge in [0.2, 0.25) is 15.9 Å². The molecule has 41 heavy (non-hydrogen) atoms. The van der Waals surface area contributed by atoms with Gasteiger partial charge < -0.3 is 16.0 Å². The largest absolute Gasteiger partial charge is 0.354 e. The standard InChI is InChI=1S/C32H48N4O4S/c1-6-7-15-30(32(38)34-21-23(2)3)33-22-28-18-25-14-10-13-24(16-25)11-8-9-12-26-17-27(31(37)35-28)20-29(19-26)36(4)41(5,39)40/h10,13-14,16-17,19-20,23,28,30,33H,6-9,11-12,15,18,21-22H2,1-5H3,(H,34,38)(H,35,37). The van der Waals surface area contributed by atoms with Gasteiger partial charge >= 0.3 is 0 Å². The van der Waals surface area contributed by atoms with E-state index in [1.54, 1.807) is 6.07 Å². The van der Waals surface area contributed by atoms with Crippen molar-refractivity contribution < 1.29 is 18.0 Å². The first kappa shape index (κ1) is 32.6. The van der Waals surface area contributed by atoms with E-state index in [0.717, 1.165) is 62.3 Å². The summed E-state index contributed by atoms with van der Waals surface area (Å²) in [5.74, 6) is 0.0891. The highest BCUT2D eigenvalue weighted by Crippen LogP contribution is 2.23. The molecule has 226 valence electrons. The van der Waals surface area contributed by atoms with Crippen LogP contribution in [0.15, 0.2) is 42.5 Å². The molecule has 0 radical (unpaired) electrons. The fraction of sp³-hybridized carbons (Fsp3) is 0.562. The summed E-state index contributed by atoms with van der Waals surface area (Å²) in [4.78, 5) is 26.6. The highest BCUT2D eigenvalue weighted by molar-refractivity contribution is 7.92. The van der Waals surface area contributed by atoms with Crippen molar-refractivity contribution in [3.8, 4) is 0 Å². The predicted octanol–water partition coefficient (Wildman–Crippen LogP) is 4.22. The van der Waals surface area contributed by atoms with E-state index < -0.39 is 10.0 Å². The molecule has 2 atom stereocenters. The molecule has 0 saturated heterocycles. The van der Waals surface area contributed by atoms with Gasteiger partial charge in [-0.1, -0.05) is 57.9 Å². The fourth-order valence-electron chi connectivity index (χ4n) is 5.07. The highest BCUT2D eigenvalue weighted by Gasteiger charge is 2.23. The number of hydrogen-bond acceptors (Lipinski definition) is 5. The normalized spacial score (nSPS) is 16.9. The number of carbonyl (C=O) groups excluding carboxylic acids is 2. The number of amides is 2. The predicted molar refractivity (Wildman–Crippen MR) is 167 cm³/mol. The van der Waals surface area contributed by atoms with Crippen molar-refractivity contribution in [1.29, 1.82) is 0 Å². The number of unbranched alkanes of at least 4 members (excludes halogenated alkanes) is 1. The summed E-state index contributed by atoms with van der Waals surface area (Å²) in [6.07, 6.45) is 8.03. The van der Waals surface area contributed by atoms with E-state index in [1.807, 2.05) is 12.1 Å². The first-order valence-corrected chi connectivity index (χ1v) is 16.8. The zero-order chi connectivity index (χ0) is 30.0. The smallest absolute Gasteiger partial charge is 0.251 e. The number of fused-ring (bicyclic) bond motifs is 4. The summed E-state index contributed by atoms with van der Waals surface area (Å²) in [5.41, 5.74) is 4.24. The zero-order valence-electron chi connectivity index (χ0n) is 25.3. The monoisotopic (exact) mass is 584 g/mol. The fourth-order valence-corrected chi connectivity index (χ4v) is 5.56. The first-order valence-electron chi connectivity index (χ1n) is 14.9. The van der Waals surface area contributed by atoms with Crippen molar-refractivity contribution in [2.45, 2.75) is 84.2 Å². The average Bonchev–Trinajstić information content (AvgIpc) is 2.92. The summed E-state index contributed by atoms with van der Waals surface area (Å²) in [5, 5.41) is 9.70. The van der Waals surface area contributed by atoms with Gasteiger partial charge in [0.05, 0.1) is 18.0 Å². The van der Waals surface area contributed by atoms with Gasteiger partial charge in [0.1, 0.15) is 0 Å². The summed E-state index contributed by atoms with van der Waals surface area (Å²) in [7, 11) is -1.98. The summed E-state index contributed by atoms with van der Waals surface area (Å²) >= 11 is 0. The Hall–Kier alpha value is -2.91. The molecule has 0 saturated carbocycles. The Bertz CT molecular complexity index is 1280. The lowest BCUT2D eigenvalue weighted by Crippen LogP contribution is -2.51. The third kappa shape index (κ3) is 10.5. The lowest BCUT2D eigenvalue weighted by atomic mass is 9.97. The van der Waals surface area contributed by atoms with Crippen molar-refractivity contribution in [2.75, 3.05) is 30.7 Å². The number of nitrogens with zero attached hydrogens (tertiary/aromatic N) is 1. The molecule has 0 spiro atoms. The van der Waals surface area contributed by atoms with E-state index in [9.17, 15) is 18.0 Å². The van der Waals surface area contributed by atoms with Gasteiger partial charge in [0.25, 0.3) is 5.91 Å².